The maximum Gasteiger partial charge on any atom is 0.322 e. The quantitative estimate of drug-likeness (QED) is 0.910. The fourth-order valence-corrected chi connectivity index (χ4v) is 2.90. The number of hydrogen-bond donors (Lipinski definition) is 1. The highest BCUT2D eigenvalue weighted by Gasteiger charge is 2.17. The summed E-state index contributed by atoms with van der Waals surface area (Å²) in [5.74, 6) is 0. The minimum absolute atomic E-state index is 0.0332. The lowest BCUT2D eigenvalue weighted by molar-refractivity contribution is 0.0564. The summed E-state index contributed by atoms with van der Waals surface area (Å²) < 4.78 is 5.27. The van der Waals surface area contributed by atoms with E-state index in [-0.39, 0.29) is 6.03 Å². The molecule has 0 spiro atoms. The molecule has 0 aliphatic carbocycles. The fraction of sp³-hybridized carbons (Fsp3) is 0.562. The van der Waals surface area contributed by atoms with Crippen molar-refractivity contribution in [2.24, 2.45) is 0 Å². The summed E-state index contributed by atoms with van der Waals surface area (Å²) in [6.45, 7) is 4.81. The van der Waals surface area contributed by atoms with Crippen molar-refractivity contribution in [3.8, 4) is 0 Å². The predicted octanol–water partition coefficient (Wildman–Crippen LogP) is 2.54. The van der Waals surface area contributed by atoms with Gasteiger partial charge in [-0.25, -0.2) is 4.79 Å². The van der Waals surface area contributed by atoms with Crippen molar-refractivity contribution < 1.29 is 9.53 Å². The van der Waals surface area contributed by atoms with Gasteiger partial charge in [-0.1, -0.05) is 6.07 Å². The van der Waals surface area contributed by atoms with E-state index in [1.807, 2.05) is 12.1 Å². The number of benzene rings is 1. The molecule has 2 aliphatic rings. The molecule has 0 bridgehead atoms. The highest BCUT2D eigenvalue weighted by molar-refractivity contribution is 5.90. The first-order valence-corrected chi connectivity index (χ1v) is 7.81. The van der Waals surface area contributed by atoms with E-state index in [2.05, 4.69) is 22.3 Å². The number of urea groups is 1. The molecule has 2 fully saturated rings. The lowest BCUT2D eigenvalue weighted by atomic mass is 10.1. The Balaban J connectivity index is 1.63. The van der Waals surface area contributed by atoms with Crippen LogP contribution in [0.25, 0.3) is 0 Å². The molecule has 0 atom stereocenters. The Morgan fingerprint density at radius 2 is 1.81 bits per heavy atom. The summed E-state index contributed by atoms with van der Waals surface area (Å²) in [4.78, 5) is 16.4. The zero-order valence-corrected chi connectivity index (χ0v) is 12.4. The van der Waals surface area contributed by atoms with Gasteiger partial charge in [-0.15, -0.1) is 0 Å². The Morgan fingerprint density at radius 3 is 2.57 bits per heavy atom. The van der Waals surface area contributed by atoms with Crippen LogP contribution in [-0.4, -0.2) is 50.3 Å². The topological polar surface area (TPSA) is 44.8 Å². The van der Waals surface area contributed by atoms with Gasteiger partial charge in [0.05, 0.1) is 13.2 Å². The number of piperidine rings is 1. The van der Waals surface area contributed by atoms with E-state index in [1.165, 1.54) is 24.9 Å². The molecular formula is C16H23N3O2. The Labute approximate surface area is 125 Å². The lowest BCUT2D eigenvalue weighted by Crippen LogP contribution is -2.43. The third-order valence-electron chi connectivity index (χ3n) is 4.12. The van der Waals surface area contributed by atoms with Gasteiger partial charge < -0.3 is 19.9 Å². The molecule has 1 aromatic carbocycles. The number of rotatable bonds is 2. The normalized spacial score (nSPS) is 19.4. The van der Waals surface area contributed by atoms with Crippen molar-refractivity contribution >= 4 is 17.4 Å². The average Bonchev–Trinajstić information content (AvgIpc) is 2.57. The number of hydrogen-bond acceptors (Lipinski definition) is 3. The van der Waals surface area contributed by atoms with Crippen LogP contribution in [0.1, 0.15) is 19.3 Å². The Bertz CT molecular complexity index is 480. The number of ether oxygens (including phenoxy) is 1. The van der Waals surface area contributed by atoms with Crippen molar-refractivity contribution in [1.82, 2.24) is 4.90 Å². The fourth-order valence-electron chi connectivity index (χ4n) is 2.90. The van der Waals surface area contributed by atoms with Crippen molar-refractivity contribution in [3.05, 3.63) is 24.3 Å². The molecule has 1 N–H and O–H groups in total. The Hall–Kier alpha value is -1.75. The zero-order chi connectivity index (χ0) is 14.5. The molecule has 2 aliphatic heterocycles. The Kier molecular flexibility index (Phi) is 4.60. The van der Waals surface area contributed by atoms with Gasteiger partial charge in [0, 0.05) is 37.6 Å². The summed E-state index contributed by atoms with van der Waals surface area (Å²) in [7, 11) is 0. The largest absolute Gasteiger partial charge is 0.378 e. The number of amides is 2. The first-order chi connectivity index (χ1) is 10.3. The van der Waals surface area contributed by atoms with Crippen LogP contribution in [0.4, 0.5) is 16.2 Å². The molecule has 5 heteroatoms. The van der Waals surface area contributed by atoms with Gasteiger partial charge in [0.15, 0.2) is 0 Å². The molecule has 3 rings (SSSR count). The predicted molar refractivity (Wildman–Crippen MR) is 83.9 cm³/mol. The maximum absolute atomic E-state index is 12.2. The lowest BCUT2D eigenvalue weighted by Gasteiger charge is -2.29. The van der Waals surface area contributed by atoms with Gasteiger partial charge in [-0.2, -0.15) is 0 Å². The third kappa shape index (κ3) is 3.67. The number of carbonyl (C=O) groups excluding carboxylic acids is 1. The summed E-state index contributed by atoms with van der Waals surface area (Å²) in [6.07, 6.45) is 3.83. The van der Waals surface area contributed by atoms with E-state index >= 15 is 0 Å². The van der Waals surface area contributed by atoms with Crippen LogP contribution in [0, 0.1) is 0 Å². The van der Waals surface area contributed by atoms with E-state index in [9.17, 15) is 4.79 Å². The molecule has 0 radical (unpaired) electrons. The molecule has 2 saturated heterocycles. The summed E-state index contributed by atoms with van der Waals surface area (Å²) in [5, 5.41) is 3.00. The first kappa shape index (κ1) is 14.2. The van der Waals surface area contributed by atoms with Crippen LogP contribution in [0.15, 0.2) is 24.3 Å². The minimum Gasteiger partial charge on any atom is -0.378 e. The minimum atomic E-state index is -0.0332. The number of nitrogens with zero attached hydrogens (tertiary/aromatic N) is 2. The van der Waals surface area contributed by atoms with Gasteiger partial charge in [0.1, 0.15) is 0 Å². The number of morpholine rings is 1. The van der Waals surface area contributed by atoms with Gasteiger partial charge >= 0.3 is 6.03 Å². The molecule has 0 aromatic heterocycles. The molecule has 114 valence electrons. The SMILES string of the molecule is O=C(Nc1cccc(N2CCCCC2)c1)N1CCOCC1. The van der Waals surface area contributed by atoms with Gasteiger partial charge in [-0.3, -0.25) is 0 Å². The molecule has 1 aromatic rings. The molecular weight excluding hydrogens is 266 g/mol. The third-order valence-corrected chi connectivity index (χ3v) is 4.12. The van der Waals surface area contributed by atoms with Crippen molar-refractivity contribution in [2.75, 3.05) is 49.6 Å². The Morgan fingerprint density at radius 1 is 1.05 bits per heavy atom. The summed E-state index contributed by atoms with van der Waals surface area (Å²) in [5.41, 5.74) is 2.07. The second-order valence-corrected chi connectivity index (χ2v) is 5.63. The van der Waals surface area contributed by atoms with Crippen LogP contribution in [-0.2, 0) is 4.74 Å². The van der Waals surface area contributed by atoms with E-state index in [0.29, 0.717) is 26.3 Å². The summed E-state index contributed by atoms with van der Waals surface area (Å²) >= 11 is 0. The average molecular weight is 289 g/mol. The van der Waals surface area contributed by atoms with Crippen LogP contribution in [0.5, 0.6) is 0 Å². The number of carbonyl (C=O) groups is 1. The molecule has 21 heavy (non-hydrogen) atoms. The van der Waals surface area contributed by atoms with Gasteiger partial charge in [0.2, 0.25) is 0 Å². The summed E-state index contributed by atoms with van der Waals surface area (Å²) in [6, 6.07) is 8.12. The van der Waals surface area contributed by atoms with Gasteiger partial charge in [-0.05, 0) is 37.5 Å². The van der Waals surface area contributed by atoms with Crippen LogP contribution in [0.2, 0.25) is 0 Å². The van der Waals surface area contributed by atoms with Crippen molar-refractivity contribution in [1.29, 1.82) is 0 Å². The standard InChI is InChI=1S/C16H23N3O2/c20-16(19-9-11-21-12-10-19)17-14-5-4-6-15(13-14)18-7-2-1-3-8-18/h4-6,13H,1-3,7-12H2,(H,17,20). The second kappa shape index (κ2) is 6.80. The van der Waals surface area contributed by atoms with E-state index < -0.39 is 0 Å². The number of anilines is 2. The maximum atomic E-state index is 12.2. The second-order valence-electron chi connectivity index (χ2n) is 5.63. The highest BCUT2D eigenvalue weighted by Crippen LogP contribution is 2.23. The van der Waals surface area contributed by atoms with E-state index in [1.54, 1.807) is 4.90 Å². The first-order valence-electron chi connectivity index (χ1n) is 7.81. The van der Waals surface area contributed by atoms with Gasteiger partial charge in [0.25, 0.3) is 0 Å². The molecule has 2 heterocycles. The zero-order valence-electron chi connectivity index (χ0n) is 12.4. The highest BCUT2D eigenvalue weighted by atomic mass is 16.5. The molecule has 0 unspecified atom stereocenters. The van der Waals surface area contributed by atoms with Crippen molar-refractivity contribution in [2.45, 2.75) is 19.3 Å². The van der Waals surface area contributed by atoms with E-state index in [4.69, 9.17) is 4.74 Å². The van der Waals surface area contributed by atoms with E-state index in [0.717, 1.165) is 18.8 Å². The smallest absolute Gasteiger partial charge is 0.322 e. The number of nitrogens with one attached hydrogen (secondary N) is 1. The molecule has 5 nitrogen and oxygen atoms in total. The molecule has 0 saturated carbocycles. The molecule has 2 amide bonds. The monoisotopic (exact) mass is 289 g/mol. The van der Waals surface area contributed by atoms with Crippen LogP contribution < -0.4 is 10.2 Å². The van der Waals surface area contributed by atoms with Crippen molar-refractivity contribution in [3.63, 3.8) is 0 Å². The van der Waals surface area contributed by atoms with Crippen LogP contribution >= 0.6 is 0 Å². The van der Waals surface area contributed by atoms with Crippen LogP contribution in [0.3, 0.4) is 0 Å².